The van der Waals surface area contributed by atoms with Crippen molar-refractivity contribution in [3.05, 3.63) is 64.4 Å². The third kappa shape index (κ3) is 3.38. The Bertz CT molecular complexity index is 891. The van der Waals surface area contributed by atoms with E-state index in [1.807, 2.05) is 24.3 Å². The second-order valence-electron chi connectivity index (χ2n) is 7.01. The molecular formula is C20H19BrFN3O3. The maximum Gasteiger partial charge on any atom is 0.322 e. The fourth-order valence-corrected chi connectivity index (χ4v) is 4.34. The van der Waals surface area contributed by atoms with E-state index in [0.29, 0.717) is 12.2 Å². The number of carbonyl (C=O) groups excluding carboxylic acids is 2. The average molecular weight is 448 g/mol. The Morgan fingerprint density at radius 3 is 2.50 bits per heavy atom. The predicted molar refractivity (Wildman–Crippen MR) is 105 cm³/mol. The minimum absolute atomic E-state index is 0.0385. The number of urea groups is 1. The lowest BCUT2D eigenvalue weighted by Gasteiger charge is -2.58. The Morgan fingerprint density at radius 2 is 1.86 bits per heavy atom. The summed E-state index contributed by atoms with van der Waals surface area (Å²) in [6.07, 6.45) is 0. The Hall–Kier alpha value is -2.45. The molecule has 2 fully saturated rings. The summed E-state index contributed by atoms with van der Waals surface area (Å²) < 4.78 is 14.0. The number of fused-ring (bicyclic) bond motifs is 1. The van der Waals surface area contributed by atoms with Gasteiger partial charge < -0.3 is 20.2 Å². The molecular weight excluding hydrogens is 429 g/mol. The van der Waals surface area contributed by atoms with Gasteiger partial charge >= 0.3 is 6.03 Å². The number of aliphatic hydroxyl groups excluding tert-OH is 1. The van der Waals surface area contributed by atoms with Gasteiger partial charge in [0.25, 0.3) is 0 Å². The molecule has 3 amide bonds. The molecule has 0 aromatic heterocycles. The highest BCUT2D eigenvalue weighted by molar-refractivity contribution is 9.10. The molecule has 2 aliphatic heterocycles. The van der Waals surface area contributed by atoms with Crippen LogP contribution >= 0.6 is 15.9 Å². The number of benzene rings is 2. The van der Waals surface area contributed by atoms with E-state index in [0.717, 1.165) is 10.0 Å². The van der Waals surface area contributed by atoms with Gasteiger partial charge in [0.2, 0.25) is 5.91 Å². The molecule has 0 spiro atoms. The van der Waals surface area contributed by atoms with Gasteiger partial charge in [0.15, 0.2) is 0 Å². The highest BCUT2D eigenvalue weighted by Crippen LogP contribution is 2.43. The van der Waals surface area contributed by atoms with E-state index in [1.54, 1.807) is 4.90 Å². The van der Waals surface area contributed by atoms with Gasteiger partial charge in [-0.25, -0.2) is 9.18 Å². The molecule has 2 saturated heterocycles. The predicted octanol–water partition coefficient (Wildman–Crippen LogP) is 2.79. The average Bonchev–Trinajstić information content (AvgIpc) is 2.66. The summed E-state index contributed by atoms with van der Waals surface area (Å²) in [7, 11) is 0. The summed E-state index contributed by atoms with van der Waals surface area (Å²) >= 11 is 3.41. The first-order valence-electron chi connectivity index (χ1n) is 8.97. The third-order valence-corrected chi connectivity index (χ3v) is 5.92. The number of nitrogens with zero attached hydrogens (tertiary/aromatic N) is 2. The van der Waals surface area contributed by atoms with E-state index in [2.05, 4.69) is 21.2 Å². The Kier molecular flexibility index (Phi) is 5.07. The van der Waals surface area contributed by atoms with Crippen LogP contribution in [-0.4, -0.2) is 58.6 Å². The Labute approximate surface area is 170 Å². The zero-order valence-corrected chi connectivity index (χ0v) is 16.5. The molecule has 4 rings (SSSR count). The van der Waals surface area contributed by atoms with Gasteiger partial charge in [-0.3, -0.25) is 4.79 Å². The molecule has 3 atom stereocenters. The normalized spacial score (nSPS) is 23.8. The van der Waals surface area contributed by atoms with Crippen LogP contribution in [0.25, 0.3) is 0 Å². The number of hydrogen-bond donors (Lipinski definition) is 2. The van der Waals surface area contributed by atoms with Crippen LogP contribution in [0.2, 0.25) is 0 Å². The number of carbonyl (C=O) groups is 2. The summed E-state index contributed by atoms with van der Waals surface area (Å²) in [6, 6.07) is 12.4. The number of aliphatic hydroxyl groups is 1. The summed E-state index contributed by atoms with van der Waals surface area (Å²) in [4.78, 5) is 28.4. The van der Waals surface area contributed by atoms with Crippen LogP contribution in [0.5, 0.6) is 0 Å². The summed E-state index contributed by atoms with van der Waals surface area (Å²) in [5, 5.41) is 12.5. The number of hydrogen-bond acceptors (Lipinski definition) is 3. The molecule has 2 heterocycles. The topological polar surface area (TPSA) is 72.9 Å². The highest BCUT2D eigenvalue weighted by atomic mass is 79.9. The first kappa shape index (κ1) is 18.9. The van der Waals surface area contributed by atoms with Crippen LogP contribution in [0.3, 0.4) is 0 Å². The van der Waals surface area contributed by atoms with E-state index >= 15 is 0 Å². The lowest BCUT2D eigenvalue weighted by atomic mass is 9.74. The van der Waals surface area contributed by atoms with Crippen molar-refractivity contribution < 1.29 is 19.1 Å². The van der Waals surface area contributed by atoms with Crippen molar-refractivity contribution in [1.82, 2.24) is 9.80 Å². The highest BCUT2D eigenvalue weighted by Gasteiger charge is 2.54. The summed E-state index contributed by atoms with van der Waals surface area (Å²) in [5.74, 6) is -0.606. The van der Waals surface area contributed by atoms with E-state index in [-0.39, 0.29) is 42.9 Å². The minimum atomic E-state index is -0.401. The summed E-state index contributed by atoms with van der Waals surface area (Å²) in [6.45, 7) is 0.202. The maximum absolute atomic E-state index is 13.0. The van der Waals surface area contributed by atoms with Crippen LogP contribution in [0.4, 0.5) is 14.9 Å². The first-order chi connectivity index (χ1) is 13.5. The van der Waals surface area contributed by atoms with Gasteiger partial charge in [-0.05, 0) is 42.0 Å². The van der Waals surface area contributed by atoms with Crippen LogP contribution in [-0.2, 0) is 4.79 Å². The third-order valence-electron chi connectivity index (χ3n) is 5.39. The molecule has 2 aliphatic rings. The molecule has 0 bridgehead atoms. The van der Waals surface area contributed by atoms with Gasteiger partial charge in [0.05, 0.1) is 18.7 Å². The Morgan fingerprint density at radius 1 is 1.18 bits per heavy atom. The fraction of sp³-hybridized carbons (Fsp3) is 0.300. The molecule has 28 heavy (non-hydrogen) atoms. The van der Waals surface area contributed by atoms with Gasteiger partial charge in [0, 0.05) is 22.6 Å². The van der Waals surface area contributed by atoms with Crippen LogP contribution in [0.15, 0.2) is 53.0 Å². The second kappa shape index (κ2) is 7.52. The van der Waals surface area contributed by atoms with Crippen molar-refractivity contribution >= 4 is 33.6 Å². The van der Waals surface area contributed by atoms with Crippen LogP contribution in [0, 0.1) is 5.82 Å². The first-order valence-corrected chi connectivity index (χ1v) is 9.76. The van der Waals surface area contributed by atoms with Crippen molar-refractivity contribution in [2.45, 2.75) is 18.0 Å². The molecule has 0 saturated carbocycles. The number of rotatable bonds is 3. The zero-order chi connectivity index (χ0) is 19.8. The lowest BCUT2D eigenvalue weighted by molar-refractivity contribution is -0.159. The monoisotopic (exact) mass is 447 g/mol. The van der Waals surface area contributed by atoms with E-state index in [1.165, 1.54) is 29.2 Å². The molecule has 0 radical (unpaired) electrons. The fourth-order valence-electron chi connectivity index (χ4n) is 4.07. The maximum atomic E-state index is 13.0. The molecule has 8 heteroatoms. The van der Waals surface area contributed by atoms with Crippen molar-refractivity contribution in [3.8, 4) is 0 Å². The second-order valence-corrected chi connectivity index (χ2v) is 7.93. The van der Waals surface area contributed by atoms with Gasteiger partial charge in [0.1, 0.15) is 12.4 Å². The number of amides is 3. The lowest BCUT2D eigenvalue weighted by Crippen LogP contribution is -2.73. The van der Waals surface area contributed by atoms with Crippen molar-refractivity contribution in [2.24, 2.45) is 0 Å². The van der Waals surface area contributed by atoms with Gasteiger partial charge in [-0.2, -0.15) is 0 Å². The Balaban J connectivity index is 1.51. The standard InChI is InChI=1S/C20H19BrFN3O3/c21-13-3-1-12(2-4-13)19-16-9-24(10-18(27)25(16)17(19)11-26)20(28)23-15-7-5-14(22)6-8-15/h1-8,16-17,19,26H,9-11H2,(H,23,28)/t16-,17+,19-/m1/s1. The zero-order valence-electron chi connectivity index (χ0n) is 14.9. The smallest absolute Gasteiger partial charge is 0.322 e. The molecule has 2 aromatic rings. The number of halogens is 2. The molecule has 2 N–H and O–H groups in total. The largest absolute Gasteiger partial charge is 0.394 e. The van der Waals surface area contributed by atoms with Gasteiger partial charge in [-0.15, -0.1) is 0 Å². The minimum Gasteiger partial charge on any atom is -0.394 e. The van der Waals surface area contributed by atoms with Crippen molar-refractivity contribution in [3.63, 3.8) is 0 Å². The van der Waals surface area contributed by atoms with E-state index in [4.69, 9.17) is 0 Å². The molecule has 0 aliphatic carbocycles. The SMILES string of the molecule is O=C(Nc1ccc(F)cc1)N1CC(=O)N2[C@H](C1)[C@@H](c1ccc(Br)cc1)[C@@H]2CO. The number of nitrogens with one attached hydrogen (secondary N) is 1. The van der Waals surface area contributed by atoms with Crippen molar-refractivity contribution in [1.29, 1.82) is 0 Å². The number of piperazine rings is 1. The quantitative estimate of drug-likeness (QED) is 0.759. The molecule has 0 unspecified atom stereocenters. The van der Waals surface area contributed by atoms with Crippen LogP contribution < -0.4 is 5.32 Å². The molecule has 2 aromatic carbocycles. The van der Waals surface area contributed by atoms with Crippen molar-refractivity contribution in [2.75, 3.05) is 25.0 Å². The van der Waals surface area contributed by atoms with Gasteiger partial charge in [-0.1, -0.05) is 28.1 Å². The summed E-state index contributed by atoms with van der Waals surface area (Å²) in [5.41, 5.74) is 1.49. The van der Waals surface area contributed by atoms with E-state index in [9.17, 15) is 19.1 Å². The number of anilines is 1. The molecule has 146 valence electrons. The van der Waals surface area contributed by atoms with Crippen LogP contribution in [0.1, 0.15) is 11.5 Å². The molecule has 6 nitrogen and oxygen atoms in total. The van der Waals surface area contributed by atoms with E-state index < -0.39 is 6.03 Å².